The minimum absolute atomic E-state index is 0.110. The molecule has 0 radical (unpaired) electrons. The van der Waals surface area contributed by atoms with Crippen LogP contribution in [0.15, 0.2) is 78.0 Å². The number of benzene rings is 3. The average molecular weight is 548 g/mol. The van der Waals surface area contributed by atoms with Crippen molar-refractivity contribution in [3.05, 3.63) is 84.2 Å². The lowest BCUT2D eigenvalue weighted by molar-refractivity contribution is -0.113. The van der Waals surface area contributed by atoms with Gasteiger partial charge in [0.15, 0.2) is 11.0 Å². The van der Waals surface area contributed by atoms with Crippen LogP contribution in [0.25, 0.3) is 5.69 Å². The highest BCUT2D eigenvalue weighted by Gasteiger charge is 2.18. The highest BCUT2D eigenvalue weighted by molar-refractivity contribution is 7.99. The van der Waals surface area contributed by atoms with Crippen LogP contribution < -0.4 is 24.8 Å². The Balaban J connectivity index is 1.46. The Kier molecular flexibility index (Phi) is 9.41. The number of carbonyl (C=O) groups is 2. The fourth-order valence-electron chi connectivity index (χ4n) is 3.67. The highest BCUT2D eigenvalue weighted by Crippen LogP contribution is 2.24. The van der Waals surface area contributed by atoms with Crippen molar-refractivity contribution < 1.29 is 23.8 Å². The van der Waals surface area contributed by atoms with Crippen LogP contribution in [0.3, 0.4) is 0 Å². The zero-order valence-electron chi connectivity index (χ0n) is 21.8. The first-order chi connectivity index (χ1) is 19.0. The molecule has 10 nitrogen and oxygen atoms in total. The molecule has 0 spiro atoms. The van der Waals surface area contributed by atoms with Gasteiger partial charge in [-0.3, -0.25) is 14.2 Å². The molecule has 0 saturated heterocycles. The lowest BCUT2D eigenvalue weighted by Crippen LogP contribution is -2.24. The minimum atomic E-state index is -0.321. The molecule has 0 aliphatic heterocycles. The summed E-state index contributed by atoms with van der Waals surface area (Å²) in [4.78, 5) is 25.5. The molecule has 2 N–H and O–H groups in total. The third kappa shape index (κ3) is 7.29. The summed E-state index contributed by atoms with van der Waals surface area (Å²) in [6.07, 6.45) is 0. The van der Waals surface area contributed by atoms with E-state index in [1.165, 1.54) is 26.0 Å². The van der Waals surface area contributed by atoms with Gasteiger partial charge in [-0.1, -0.05) is 30.0 Å². The second-order valence-corrected chi connectivity index (χ2v) is 9.09. The van der Waals surface area contributed by atoms with Gasteiger partial charge in [0.25, 0.3) is 5.91 Å². The lowest BCUT2D eigenvalue weighted by atomic mass is 10.2. The standard InChI is InChI=1S/C28H29N5O5S/c1-4-38-22-12-10-20(11-13-22)30-26(34)18-39-28-32-31-25(33(28)21-8-6-5-7-9-21)17-29-27(35)19-14-23(36-2)16-24(15-19)37-3/h5-16H,4,17-18H2,1-3H3,(H,29,35)(H,30,34). The lowest BCUT2D eigenvalue weighted by Gasteiger charge is -2.12. The number of aromatic nitrogens is 3. The van der Waals surface area contributed by atoms with E-state index in [-0.39, 0.29) is 24.1 Å². The number of hydrogen-bond donors (Lipinski definition) is 2. The fraction of sp³-hybridized carbons (Fsp3) is 0.214. The van der Waals surface area contributed by atoms with Crippen molar-refractivity contribution in [2.45, 2.75) is 18.6 Å². The largest absolute Gasteiger partial charge is 0.497 e. The summed E-state index contributed by atoms with van der Waals surface area (Å²) < 4.78 is 17.8. The normalized spacial score (nSPS) is 10.5. The number of hydrogen-bond acceptors (Lipinski definition) is 8. The van der Waals surface area contributed by atoms with E-state index in [4.69, 9.17) is 14.2 Å². The molecule has 4 rings (SSSR count). The summed E-state index contributed by atoms with van der Waals surface area (Å²) in [5.74, 6) is 1.88. The van der Waals surface area contributed by atoms with Gasteiger partial charge in [0.05, 0.1) is 33.1 Å². The Morgan fingerprint density at radius 1 is 0.897 bits per heavy atom. The first kappa shape index (κ1) is 27.5. The van der Waals surface area contributed by atoms with Crippen molar-refractivity contribution in [1.82, 2.24) is 20.1 Å². The molecule has 1 heterocycles. The summed E-state index contributed by atoms with van der Waals surface area (Å²) in [6, 6.07) is 21.7. The molecule has 3 aromatic carbocycles. The maximum absolute atomic E-state index is 12.9. The van der Waals surface area contributed by atoms with E-state index in [1.807, 2.05) is 41.8 Å². The number of nitrogens with zero attached hydrogens (tertiary/aromatic N) is 3. The molecule has 0 unspecified atom stereocenters. The third-order valence-electron chi connectivity index (χ3n) is 5.52. The molecule has 0 saturated carbocycles. The smallest absolute Gasteiger partial charge is 0.251 e. The maximum Gasteiger partial charge on any atom is 0.251 e. The maximum atomic E-state index is 12.9. The van der Waals surface area contributed by atoms with Crippen molar-refractivity contribution in [2.75, 3.05) is 31.9 Å². The number of amides is 2. The third-order valence-corrected chi connectivity index (χ3v) is 6.45. The van der Waals surface area contributed by atoms with Gasteiger partial charge in [-0.05, 0) is 55.5 Å². The zero-order valence-corrected chi connectivity index (χ0v) is 22.7. The highest BCUT2D eigenvalue weighted by atomic mass is 32.2. The Morgan fingerprint density at radius 3 is 2.23 bits per heavy atom. The van der Waals surface area contributed by atoms with Crippen molar-refractivity contribution in [2.24, 2.45) is 0 Å². The first-order valence-electron chi connectivity index (χ1n) is 12.2. The van der Waals surface area contributed by atoms with Gasteiger partial charge in [-0.2, -0.15) is 0 Å². The first-order valence-corrected chi connectivity index (χ1v) is 13.2. The van der Waals surface area contributed by atoms with Gasteiger partial charge in [0.2, 0.25) is 5.91 Å². The Bertz CT molecular complexity index is 1390. The van der Waals surface area contributed by atoms with Gasteiger partial charge in [-0.15, -0.1) is 10.2 Å². The number of thioether (sulfide) groups is 1. The molecule has 39 heavy (non-hydrogen) atoms. The van der Waals surface area contributed by atoms with Crippen LogP contribution in [0.5, 0.6) is 17.2 Å². The topological polar surface area (TPSA) is 117 Å². The van der Waals surface area contributed by atoms with E-state index in [0.29, 0.717) is 40.3 Å². The van der Waals surface area contributed by atoms with E-state index >= 15 is 0 Å². The predicted octanol–water partition coefficient (Wildman–Crippen LogP) is 4.34. The van der Waals surface area contributed by atoms with Crippen molar-refractivity contribution in [3.63, 3.8) is 0 Å². The predicted molar refractivity (Wildman–Crippen MR) is 149 cm³/mol. The SMILES string of the molecule is CCOc1ccc(NC(=O)CSc2nnc(CNC(=O)c3cc(OC)cc(OC)c3)n2-c2ccccc2)cc1. The van der Waals surface area contributed by atoms with Crippen molar-refractivity contribution in [1.29, 1.82) is 0 Å². The van der Waals surface area contributed by atoms with Crippen LogP contribution >= 0.6 is 11.8 Å². The quantitative estimate of drug-likeness (QED) is 0.252. The second kappa shape index (κ2) is 13.3. The summed E-state index contributed by atoms with van der Waals surface area (Å²) in [5, 5.41) is 14.9. The monoisotopic (exact) mass is 547 g/mol. The summed E-state index contributed by atoms with van der Waals surface area (Å²) in [5.41, 5.74) is 1.87. The van der Waals surface area contributed by atoms with E-state index in [9.17, 15) is 9.59 Å². The number of rotatable bonds is 12. The molecule has 0 aliphatic rings. The molecule has 0 aliphatic carbocycles. The number of methoxy groups -OCH3 is 2. The van der Waals surface area contributed by atoms with Crippen LogP contribution in [-0.2, 0) is 11.3 Å². The van der Waals surface area contributed by atoms with Crippen LogP contribution in [0.4, 0.5) is 5.69 Å². The van der Waals surface area contributed by atoms with E-state index in [1.54, 1.807) is 42.5 Å². The van der Waals surface area contributed by atoms with E-state index in [2.05, 4.69) is 20.8 Å². The number of para-hydroxylation sites is 1. The molecule has 11 heteroatoms. The Morgan fingerprint density at radius 2 is 1.59 bits per heavy atom. The summed E-state index contributed by atoms with van der Waals surface area (Å²) in [7, 11) is 3.05. The number of carbonyl (C=O) groups excluding carboxylic acids is 2. The van der Waals surface area contributed by atoms with Gasteiger partial charge in [0, 0.05) is 23.0 Å². The van der Waals surface area contributed by atoms with Gasteiger partial charge >= 0.3 is 0 Å². The minimum Gasteiger partial charge on any atom is -0.497 e. The van der Waals surface area contributed by atoms with E-state index < -0.39 is 0 Å². The van der Waals surface area contributed by atoms with Gasteiger partial charge in [-0.25, -0.2) is 0 Å². The Labute approximate surface area is 230 Å². The Hall–Kier alpha value is -4.51. The molecular formula is C28H29N5O5S. The number of anilines is 1. The molecule has 0 bridgehead atoms. The number of nitrogens with one attached hydrogen (secondary N) is 2. The van der Waals surface area contributed by atoms with Gasteiger partial charge in [0.1, 0.15) is 17.2 Å². The average Bonchev–Trinajstić information content (AvgIpc) is 3.38. The molecule has 1 aromatic heterocycles. The molecule has 0 fully saturated rings. The number of ether oxygens (including phenoxy) is 3. The van der Waals surface area contributed by atoms with Crippen LogP contribution in [-0.4, -0.2) is 53.2 Å². The van der Waals surface area contributed by atoms with Crippen LogP contribution in [0.1, 0.15) is 23.1 Å². The van der Waals surface area contributed by atoms with Gasteiger partial charge < -0.3 is 24.8 Å². The molecule has 4 aromatic rings. The van der Waals surface area contributed by atoms with Crippen LogP contribution in [0, 0.1) is 0 Å². The fourth-order valence-corrected chi connectivity index (χ4v) is 4.44. The molecule has 202 valence electrons. The van der Waals surface area contributed by atoms with E-state index in [0.717, 1.165) is 11.4 Å². The zero-order chi connectivity index (χ0) is 27.6. The van der Waals surface area contributed by atoms with Crippen molar-refractivity contribution >= 4 is 29.3 Å². The molecule has 2 amide bonds. The van der Waals surface area contributed by atoms with Crippen LogP contribution in [0.2, 0.25) is 0 Å². The summed E-state index contributed by atoms with van der Waals surface area (Å²) in [6.45, 7) is 2.60. The van der Waals surface area contributed by atoms with Crippen molar-refractivity contribution in [3.8, 4) is 22.9 Å². The second-order valence-electron chi connectivity index (χ2n) is 8.15. The summed E-state index contributed by atoms with van der Waals surface area (Å²) >= 11 is 1.25. The molecule has 0 atom stereocenters. The molecular weight excluding hydrogens is 518 g/mol.